The van der Waals surface area contributed by atoms with Crippen LogP contribution < -0.4 is 5.32 Å². The lowest BCUT2D eigenvalue weighted by Gasteiger charge is -2.15. The molecule has 8 heteroatoms. The fourth-order valence-corrected chi connectivity index (χ4v) is 2.10. The monoisotopic (exact) mass is 301 g/mol. The van der Waals surface area contributed by atoms with Crippen molar-refractivity contribution >= 4 is 11.5 Å². The molecule has 2 aromatic heterocycles. The average molecular weight is 301 g/mol. The third kappa shape index (κ3) is 3.83. The normalized spacial score (nSPS) is 13.9. The first-order valence-electron chi connectivity index (χ1n) is 6.78. The Hall–Kier alpha value is -1.86. The molecule has 0 aliphatic rings. The molecule has 0 saturated carbocycles. The quantitative estimate of drug-likeness (QED) is 0.921. The lowest BCUT2D eigenvalue weighted by Crippen LogP contribution is -2.20. The van der Waals surface area contributed by atoms with Crippen LogP contribution in [0.1, 0.15) is 38.9 Å². The minimum absolute atomic E-state index is 0.177. The first-order chi connectivity index (χ1) is 9.78. The Labute approximate surface area is 120 Å². The molecule has 0 aromatic carbocycles. The average Bonchev–Trinajstić information content (AvgIpc) is 2.78. The standard InChI is InChI=1S/C13H18F3N5/c1-8(2)11-19-20-12-10(17-4-5-21(11)12)18-7-9(3)6-13(14,15)16/h4-5,8-9H,6-7H2,1-3H3,(H,17,18)/t9-/m0/s1. The van der Waals surface area contributed by atoms with Gasteiger partial charge in [0.05, 0.1) is 0 Å². The molecule has 5 nitrogen and oxygen atoms in total. The van der Waals surface area contributed by atoms with Crippen molar-refractivity contribution < 1.29 is 13.2 Å². The van der Waals surface area contributed by atoms with E-state index < -0.39 is 18.5 Å². The van der Waals surface area contributed by atoms with Crippen molar-refractivity contribution in [2.24, 2.45) is 5.92 Å². The summed E-state index contributed by atoms with van der Waals surface area (Å²) in [6, 6.07) is 0. The summed E-state index contributed by atoms with van der Waals surface area (Å²) in [5.41, 5.74) is 0.528. The first-order valence-corrected chi connectivity index (χ1v) is 6.78. The van der Waals surface area contributed by atoms with Crippen molar-refractivity contribution in [3.63, 3.8) is 0 Å². The van der Waals surface area contributed by atoms with E-state index in [0.29, 0.717) is 11.5 Å². The maximum Gasteiger partial charge on any atom is 0.389 e. The van der Waals surface area contributed by atoms with Gasteiger partial charge in [0.2, 0.25) is 5.65 Å². The van der Waals surface area contributed by atoms with Crippen LogP contribution >= 0.6 is 0 Å². The maximum absolute atomic E-state index is 12.3. The van der Waals surface area contributed by atoms with Gasteiger partial charge in [-0.1, -0.05) is 20.8 Å². The third-order valence-corrected chi connectivity index (χ3v) is 3.07. The van der Waals surface area contributed by atoms with E-state index in [0.717, 1.165) is 5.82 Å². The summed E-state index contributed by atoms with van der Waals surface area (Å²) in [5, 5.41) is 11.1. The van der Waals surface area contributed by atoms with E-state index >= 15 is 0 Å². The molecule has 0 unspecified atom stereocenters. The van der Waals surface area contributed by atoms with Gasteiger partial charge in [-0.05, 0) is 5.92 Å². The van der Waals surface area contributed by atoms with Crippen molar-refractivity contribution in [1.29, 1.82) is 0 Å². The number of halogens is 3. The van der Waals surface area contributed by atoms with Crippen molar-refractivity contribution in [1.82, 2.24) is 19.6 Å². The highest BCUT2D eigenvalue weighted by molar-refractivity contribution is 5.62. The second kappa shape index (κ2) is 5.87. The second-order valence-electron chi connectivity index (χ2n) is 5.49. The Morgan fingerprint density at radius 3 is 2.57 bits per heavy atom. The van der Waals surface area contributed by atoms with Crippen LogP contribution in [0.4, 0.5) is 19.0 Å². The van der Waals surface area contributed by atoms with Crippen LogP contribution in [0.2, 0.25) is 0 Å². The molecule has 1 atom stereocenters. The van der Waals surface area contributed by atoms with Gasteiger partial charge >= 0.3 is 6.18 Å². The topological polar surface area (TPSA) is 55.1 Å². The zero-order chi connectivity index (χ0) is 15.6. The molecule has 2 aromatic rings. The van der Waals surface area contributed by atoms with Crippen LogP contribution in [0.3, 0.4) is 0 Å². The molecule has 1 N–H and O–H groups in total. The number of fused-ring (bicyclic) bond motifs is 1. The Balaban J connectivity index is 2.12. The molecule has 0 amide bonds. The summed E-state index contributed by atoms with van der Waals surface area (Å²) < 4.78 is 38.7. The van der Waals surface area contributed by atoms with E-state index in [9.17, 15) is 13.2 Å². The molecule has 116 valence electrons. The van der Waals surface area contributed by atoms with Gasteiger partial charge in [-0.3, -0.25) is 4.40 Å². The van der Waals surface area contributed by atoms with Gasteiger partial charge in [0, 0.05) is 31.3 Å². The largest absolute Gasteiger partial charge is 0.389 e. The molecule has 21 heavy (non-hydrogen) atoms. The van der Waals surface area contributed by atoms with E-state index in [1.165, 1.54) is 0 Å². The molecule has 0 aliphatic carbocycles. The van der Waals surface area contributed by atoms with Crippen molar-refractivity contribution in [2.75, 3.05) is 11.9 Å². The van der Waals surface area contributed by atoms with E-state index in [2.05, 4.69) is 20.5 Å². The minimum Gasteiger partial charge on any atom is -0.367 e. The smallest absolute Gasteiger partial charge is 0.367 e. The Morgan fingerprint density at radius 1 is 1.24 bits per heavy atom. The van der Waals surface area contributed by atoms with Gasteiger partial charge in [-0.15, -0.1) is 10.2 Å². The van der Waals surface area contributed by atoms with Crippen molar-refractivity contribution in [2.45, 2.75) is 39.3 Å². The van der Waals surface area contributed by atoms with E-state index in [-0.39, 0.29) is 12.5 Å². The highest BCUT2D eigenvalue weighted by Gasteiger charge is 2.29. The van der Waals surface area contributed by atoms with Crippen LogP contribution in [-0.2, 0) is 0 Å². The zero-order valence-electron chi connectivity index (χ0n) is 12.1. The lowest BCUT2D eigenvalue weighted by molar-refractivity contribution is -0.142. The Morgan fingerprint density at radius 2 is 1.95 bits per heavy atom. The van der Waals surface area contributed by atoms with Gasteiger partial charge in [0.15, 0.2) is 5.82 Å². The van der Waals surface area contributed by atoms with E-state index in [1.807, 2.05) is 13.8 Å². The summed E-state index contributed by atoms with van der Waals surface area (Å²) >= 11 is 0. The van der Waals surface area contributed by atoms with E-state index in [1.54, 1.807) is 23.7 Å². The minimum atomic E-state index is -4.15. The molecule has 2 heterocycles. The highest BCUT2D eigenvalue weighted by Crippen LogP contribution is 2.25. The molecular weight excluding hydrogens is 283 g/mol. The molecule has 0 radical (unpaired) electrons. The van der Waals surface area contributed by atoms with Crippen molar-refractivity contribution in [3.8, 4) is 0 Å². The summed E-state index contributed by atoms with van der Waals surface area (Å²) in [6.07, 6.45) is -1.65. The number of rotatable bonds is 5. The molecule has 2 rings (SSSR count). The summed E-state index contributed by atoms with van der Waals surface area (Å²) in [6.45, 7) is 5.71. The number of anilines is 1. The predicted octanol–water partition coefficient (Wildman–Crippen LogP) is 3.25. The van der Waals surface area contributed by atoms with E-state index in [4.69, 9.17) is 0 Å². The molecule has 0 spiro atoms. The lowest BCUT2D eigenvalue weighted by atomic mass is 10.1. The van der Waals surface area contributed by atoms with Gasteiger partial charge < -0.3 is 5.32 Å². The van der Waals surface area contributed by atoms with Crippen LogP contribution in [0.15, 0.2) is 12.4 Å². The number of hydrogen-bond donors (Lipinski definition) is 1. The first kappa shape index (κ1) is 15.5. The fourth-order valence-electron chi connectivity index (χ4n) is 2.10. The fraction of sp³-hybridized carbons (Fsp3) is 0.615. The number of aromatic nitrogens is 4. The summed E-state index contributed by atoms with van der Waals surface area (Å²) in [5.74, 6) is 0.892. The second-order valence-corrected chi connectivity index (χ2v) is 5.49. The molecule has 0 fully saturated rings. The SMILES string of the molecule is CC(C)c1nnc2c(NC[C@@H](C)CC(F)(F)F)nccn12. The Bertz CT molecular complexity index is 605. The highest BCUT2D eigenvalue weighted by atomic mass is 19.4. The number of nitrogens with one attached hydrogen (secondary N) is 1. The van der Waals surface area contributed by atoms with Gasteiger partial charge in [0.25, 0.3) is 0 Å². The summed E-state index contributed by atoms with van der Waals surface area (Å²) in [4.78, 5) is 4.13. The maximum atomic E-state index is 12.3. The number of nitrogens with zero attached hydrogens (tertiary/aromatic N) is 4. The van der Waals surface area contributed by atoms with Gasteiger partial charge in [-0.2, -0.15) is 13.2 Å². The van der Waals surface area contributed by atoms with Crippen molar-refractivity contribution in [3.05, 3.63) is 18.2 Å². The van der Waals surface area contributed by atoms with Crippen LogP contribution in [-0.4, -0.2) is 32.3 Å². The third-order valence-electron chi connectivity index (χ3n) is 3.07. The van der Waals surface area contributed by atoms with Gasteiger partial charge in [-0.25, -0.2) is 4.98 Å². The zero-order valence-corrected chi connectivity index (χ0v) is 12.1. The number of alkyl halides is 3. The molecular formula is C13H18F3N5. The number of hydrogen-bond acceptors (Lipinski definition) is 4. The van der Waals surface area contributed by atoms with Crippen LogP contribution in [0, 0.1) is 5.92 Å². The Kier molecular flexibility index (Phi) is 4.34. The van der Waals surface area contributed by atoms with Gasteiger partial charge in [0.1, 0.15) is 5.82 Å². The molecule has 0 bridgehead atoms. The predicted molar refractivity (Wildman–Crippen MR) is 73.2 cm³/mol. The van der Waals surface area contributed by atoms with Crippen LogP contribution in [0.25, 0.3) is 5.65 Å². The molecule has 0 aliphatic heterocycles. The molecule has 0 saturated heterocycles. The summed E-state index contributed by atoms with van der Waals surface area (Å²) in [7, 11) is 0. The van der Waals surface area contributed by atoms with Crippen LogP contribution in [0.5, 0.6) is 0 Å².